The molecule has 35 heavy (non-hydrogen) atoms. The fourth-order valence-electron chi connectivity index (χ4n) is 4.70. The molecule has 0 atom stereocenters. The molecular formula is C32H48O3. The van der Waals surface area contributed by atoms with Crippen molar-refractivity contribution < 1.29 is 15.0 Å². The SMILES string of the molecule is CCC(=O)C(c1cc(C(C)(C)C)c(O)c(C(C)(C)C)c1)c1cc(C(C)(C)C)c(O)c(C(C)(C)C)c1. The topological polar surface area (TPSA) is 57.5 Å². The van der Waals surface area contributed by atoms with E-state index in [1.54, 1.807) is 0 Å². The molecule has 0 amide bonds. The number of hydrogen-bond acceptors (Lipinski definition) is 3. The Kier molecular flexibility index (Phi) is 7.69. The van der Waals surface area contributed by atoms with Gasteiger partial charge in [0.05, 0.1) is 5.92 Å². The minimum Gasteiger partial charge on any atom is -0.507 e. The quantitative estimate of drug-likeness (QED) is 0.462. The Bertz CT molecular complexity index is 942. The van der Waals surface area contributed by atoms with Crippen molar-refractivity contribution in [2.24, 2.45) is 0 Å². The summed E-state index contributed by atoms with van der Waals surface area (Å²) in [4.78, 5) is 13.6. The van der Waals surface area contributed by atoms with Crippen LogP contribution in [0, 0.1) is 0 Å². The second-order valence-corrected chi connectivity index (χ2v) is 14.2. The van der Waals surface area contributed by atoms with E-state index in [-0.39, 0.29) is 27.4 Å². The molecule has 2 aromatic rings. The maximum Gasteiger partial charge on any atom is 0.144 e. The fraction of sp³-hybridized carbons (Fsp3) is 0.594. The summed E-state index contributed by atoms with van der Waals surface area (Å²) in [5, 5.41) is 22.5. The highest BCUT2D eigenvalue weighted by molar-refractivity contribution is 5.89. The van der Waals surface area contributed by atoms with E-state index in [9.17, 15) is 15.0 Å². The summed E-state index contributed by atoms with van der Waals surface area (Å²) in [5.41, 5.74) is 4.03. The Morgan fingerprint density at radius 1 is 0.600 bits per heavy atom. The van der Waals surface area contributed by atoms with E-state index in [1.165, 1.54) is 0 Å². The van der Waals surface area contributed by atoms with Gasteiger partial charge in [-0.05, 0) is 55.0 Å². The van der Waals surface area contributed by atoms with Gasteiger partial charge in [-0.15, -0.1) is 0 Å². The number of carbonyl (C=O) groups excluding carboxylic acids is 1. The summed E-state index contributed by atoms with van der Waals surface area (Å²) in [6.45, 7) is 27.0. The molecule has 3 heteroatoms. The molecule has 0 saturated carbocycles. The third-order valence-corrected chi connectivity index (χ3v) is 6.83. The van der Waals surface area contributed by atoms with Gasteiger partial charge in [-0.1, -0.05) is 114 Å². The Labute approximate surface area is 214 Å². The van der Waals surface area contributed by atoms with E-state index < -0.39 is 5.92 Å². The Balaban J connectivity index is 3.03. The molecule has 0 bridgehead atoms. The Morgan fingerprint density at radius 2 is 0.829 bits per heavy atom. The lowest BCUT2D eigenvalue weighted by Crippen LogP contribution is -2.22. The largest absolute Gasteiger partial charge is 0.507 e. The lowest BCUT2D eigenvalue weighted by Gasteiger charge is -2.32. The van der Waals surface area contributed by atoms with Crippen LogP contribution in [-0.4, -0.2) is 16.0 Å². The van der Waals surface area contributed by atoms with Crippen molar-refractivity contribution in [1.29, 1.82) is 0 Å². The third kappa shape index (κ3) is 6.11. The van der Waals surface area contributed by atoms with Crippen LogP contribution in [-0.2, 0) is 26.5 Å². The van der Waals surface area contributed by atoms with Crippen LogP contribution in [0.2, 0.25) is 0 Å². The molecule has 2 N–H and O–H groups in total. The first-order valence-electron chi connectivity index (χ1n) is 12.9. The zero-order valence-corrected chi connectivity index (χ0v) is 24.4. The number of ketones is 1. The van der Waals surface area contributed by atoms with Gasteiger partial charge in [0.25, 0.3) is 0 Å². The number of Topliss-reactive ketones (excluding diaryl/α,β-unsaturated/α-hetero) is 1. The summed E-state index contributed by atoms with van der Waals surface area (Å²) in [7, 11) is 0. The fourth-order valence-corrected chi connectivity index (χ4v) is 4.70. The monoisotopic (exact) mass is 480 g/mol. The highest BCUT2D eigenvalue weighted by atomic mass is 16.3. The van der Waals surface area contributed by atoms with Crippen LogP contribution in [0.1, 0.15) is 136 Å². The second-order valence-electron chi connectivity index (χ2n) is 14.2. The predicted octanol–water partition coefficient (Wildman–Crippen LogP) is 8.40. The van der Waals surface area contributed by atoms with Crippen LogP contribution in [0.15, 0.2) is 24.3 Å². The minimum absolute atomic E-state index is 0.126. The van der Waals surface area contributed by atoms with Crippen molar-refractivity contribution in [2.45, 2.75) is 124 Å². The summed E-state index contributed by atoms with van der Waals surface area (Å²) < 4.78 is 0. The van der Waals surface area contributed by atoms with Crippen molar-refractivity contribution in [3.8, 4) is 11.5 Å². The van der Waals surface area contributed by atoms with Gasteiger partial charge in [0.15, 0.2) is 0 Å². The van der Waals surface area contributed by atoms with Crippen molar-refractivity contribution in [3.63, 3.8) is 0 Å². The maximum absolute atomic E-state index is 13.6. The van der Waals surface area contributed by atoms with Gasteiger partial charge in [-0.3, -0.25) is 4.79 Å². The third-order valence-electron chi connectivity index (χ3n) is 6.83. The highest BCUT2D eigenvalue weighted by Crippen LogP contribution is 2.45. The summed E-state index contributed by atoms with van der Waals surface area (Å²) >= 11 is 0. The van der Waals surface area contributed by atoms with E-state index >= 15 is 0 Å². The molecule has 0 radical (unpaired) electrons. The van der Waals surface area contributed by atoms with Crippen molar-refractivity contribution in [2.75, 3.05) is 0 Å². The lowest BCUT2D eigenvalue weighted by molar-refractivity contribution is -0.119. The van der Waals surface area contributed by atoms with Crippen LogP contribution in [0.4, 0.5) is 0 Å². The first-order chi connectivity index (χ1) is 15.6. The van der Waals surface area contributed by atoms with E-state index in [0.717, 1.165) is 33.4 Å². The molecule has 194 valence electrons. The molecule has 2 rings (SSSR count). The molecule has 0 spiro atoms. The van der Waals surface area contributed by atoms with Crippen LogP contribution in [0.5, 0.6) is 11.5 Å². The normalized spacial score (nSPS) is 13.4. The zero-order valence-electron chi connectivity index (χ0n) is 24.4. The first kappa shape index (κ1) is 28.9. The number of phenolic OH excluding ortho intramolecular Hbond substituents is 2. The number of rotatable bonds is 4. The number of phenols is 2. The smallest absolute Gasteiger partial charge is 0.144 e. The van der Waals surface area contributed by atoms with Gasteiger partial charge in [0, 0.05) is 6.42 Å². The highest BCUT2D eigenvalue weighted by Gasteiger charge is 2.33. The van der Waals surface area contributed by atoms with Gasteiger partial charge in [0.1, 0.15) is 17.3 Å². The van der Waals surface area contributed by atoms with Crippen molar-refractivity contribution in [3.05, 3.63) is 57.6 Å². The van der Waals surface area contributed by atoms with E-state index in [1.807, 2.05) is 31.2 Å². The van der Waals surface area contributed by atoms with Gasteiger partial charge in [0.2, 0.25) is 0 Å². The van der Waals surface area contributed by atoms with Gasteiger partial charge in [-0.2, -0.15) is 0 Å². The van der Waals surface area contributed by atoms with E-state index in [2.05, 4.69) is 83.1 Å². The molecule has 0 heterocycles. The number of benzene rings is 2. The van der Waals surface area contributed by atoms with Crippen LogP contribution < -0.4 is 0 Å². The Morgan fingerprint density at radius 3 is 1.00 bits per heavy atom. The van der Waals surface area contributed by atoms with Crippen molar-refractivity contribution >= 4 is 5.78 Å². The lowest BCUT2D eigenvalue weighted by atomic mass is 9.73. The molecule has 0 aromatic heterocycles. The molecule has 0 aliphatic rings. The Hall–Kier alpha value is -2.29. The average molecular weight is 481 g/mol. The van der Waals surface area contributed by atoms with Crippen LogP contribution in [0.25, 0.3) is 0 Å². The first-order valence-corrected chi connectivity index (χ1v) is 12.9. The maximum atomic E-state index is 13.6. The second kappa shape index (κ2) is 9.30. The van der Waals surface area contributed by atoms with Crippen molar-refractivity contribution in [1.82, 2.24) is 0 Å². The molecular weight excluding hydrogens is 432 g/mol. The molecule has 0 unspecified atom stereocenters. The number of carbonyl (C=O) groups is 1. The standard InChI is InChI=1S/C32H48O3/c1-14-25(33)26(19-15-21(29(2,3)4)27(34)22(16-19)30(5,6)7)20-17-23(31(8,9)10)28(35)24(18-20)32(11,12)13/h15-18,26,34-35H,14H2,1-13H3. The number of aromatic hydroxyl groups is 2. The molecule has 0 aliphatic carbocycles. The number of hydrogen-bond donors (Lipinski definition) is 2. The molecule has 0 aliphatic heterocycles. The molecule has 3 nitrogen and oxygen atoms in total. The summed E-state index contributed by atoms with van der Waals surface area (Å²) in [6.07, 6.45) is 0.401. The molecule has 0 saturated heterocycles. The van der Waals surface area contributed by atoms with Crippen LogP contribution in [0.3, 0.4) is 0 Å². The molecule has 2 aromatic carbocycles. The zero-order chi connectivity index (χ0) is 27.3. The minimum atomic E-state index is -0.481. The average Bonchev–Trinajstić information content (AvgIpc) is 2.66. The summed E-state index contributed by atoms with van der Waals surface area (Å²) in [5.74, 6) is 0.271. The van der Waals surface area contributed by atoms with E-state index in [0.29, 0.717) is 17.9 Å². The molecule has 0 fully saturated rings. The van der Waals surface area contributed by atoms with Crippen LogP contribution >= 0.6 is 0 Å². The van der Waals surface area contributed by atoms with Gasteiger partial charge < -0.3 is 10.2 Å². The summed E-state index contributed by atoms with van der Waals surface area (Å²) in [6, 6.07) is 8.07. The van der Waals surface area contributed by atoms with Gasteiger partial charge >= 0.3 is 0 Å². The predicted molar refractivity (Wildman–Crippen MR) is 148 cm³/mol. The van der Waals surface area contributed by atoms with Gasteiger partial charge in [-0.25, -0.2) is 0 Å². The van der Waals surface area contributed by atoms with E-state index in [4.69, 9.17) is 0 Å².